The van der Waals surface area contributed by atoms with Gasteiger partial charge in [0.05, 0.1) is 5.69 Å². The number of ketones is 1. The van der Waals surface area contributed by atoms with Crippen LogP contribution >= 0.6 is 0 Å². The first-order valence-corrected chi connectivity index (χ1v) is 7.39. The lowest BCUT2D eigenvalue weighted by Gasteiger charge is -2.20. The Morgan fingerprint density at radius 2 is 1.86 bits per heavy atom. The number of hydrogen-bond donors (Lipinski definition) is 1. The summed E-state index contributed by atoms with van der Waals surface area (Å²) in [4.78, 5) is 25.2. The lowest BCUT2D eigenvalue weighted by Crippen LogP contribution is -2.35. The molecule has 0 spiro atoms. The topological polar surface area (TPSA) is 72.6 Å². The van der Waals surface area contributed by atoms with E-state index in [1.165, 1.54) is 19.8 Å². The maximum Gasteiger partial charge on any atom is 0.260 e. The van der Waals surface area contributed by atoms with Gasteiger partial charge in [0.2, 0.25) is 0 Å². The first-order chi connectivity index (χ1) is 10.1. The van der Waals surface area contributed by atoms with E-state index in [1.807, 2.05) is 4.90 Å². The summed E-state index contributed by atoms with van der Waals surface area (Å²) in [6, 6.07) is 4.88. The van der Waals surface area contributed by atoms with Crippen molar-refractivity contribution >= 4 is 17.4 Å². The maximum absolute atomic E-state index is 12.1. The average molecular weight is 290 g/mol. The minimum absolute atomic E-state index is 0.00746. The van der Waals surface area contributed by atoms with E-state index in [1.54, 1.807) is 18.2 Å². The highest BCUT2D eigenvalue weighted by Gasteiger charge is 2.16. The number of benzene rings is 1. The Morgan fingerprint density at radius 1 is 1.19 bits per heavy atom. The molecule has 1 amide bonds. The Hall–Kier alpha value is -2.04. The fraction of sp³-hybridized carbons (Fsp3) is 0.500. The third-order valence-corrected chi connectivity index (χ3v) is 3.73. The lowest BCUT2D eigenvalue weighted by molar-refractivity contribution is -0.133. The van der Waals surface area contributed by atoms with Crippen LogP contribution in [0.25, 0.3) is 0 Å². The number of hydrogen-bond acceptors (Lipinski definition) is 4. The van der Waals surface area contributed by atoms with Crippen molar-refractivity contribution in [1.82, 2.24) is 4.90 Å². The minimum atomic E-state index is -0.0473. The summed E-state index contributed by atoms with van der Waals surface area (Å²) >= 11 is 0. The average Bonchev–Trinajstić information content (AvgIpc) is 2.74. The highest BCUT2D eigenvalue weighted by atomic mass is 16.5. The highest BCUT2D eigenvalue weighted by molar-refractivity contribution is 5.95. The summed E-state index contributed by atoms with van der Waals surface area (Å²) in [5.41, 5.74) is 6.77. The van der Waals surface area contributed by atoms with E-state index in [2.05, 4.69) is 0 Å². The molecule has 114 valence electrons. The van der Waals surface area contributed by atoms with E-state index in [0.29, 0.717) is 17.0 Å². The Bertz CT molecular complexity index is 520. The van der Waals surface area contributed by atoms with E-state index in [0.717, 1.165) is 25.9 Å². The molecule has 1 fully saturated rings. The van der Waals surface area contributed by atoms with Crippen molar-refractivity contribution in [3.63, 3.8) is 0 Å². The Labute approximate surface area is 125 Å². The number of nitrogens with zero attached hydrogens (tertiary/aromatic N) is 1. The van der Waals surface area contributed by atoms with E-state index >= 15 is 0 Å². The standard InChI is InChI=1S/C16H22N2O3/c1-12(19)13-6-7-15(14(17)10-13)21-11-16(20)18-8-4-2-3-5-9-18/h6-7,10H,2-5,8-9,11,17H2,1H3. The van der Waals surface area contributed by atoms with Gasteiger partial charge in [0.1, 0.15) is 5.75 Å². The lowest BCUT2D eigenvalue weighted by atomic mass is 10.1. The van der Waals surface area contributed by atoms with Gasteiger partial charge in [0.25, 0.3) is 5.91 Å². The molecule has 2 N–H and O–H groups in total. The van der Waals surface area contributed by atoms with Gasteiger partial charge in [-0.3, -0.25) is 9.59 Å². The summed E-state index contributed by atoms with van der Waals surface area (Å²) in [6.07, 6.45) is 4.48. The summed E-state index contributed by atoms with van der Waals surface area (Å²) in [5.74, 6) is 0.393. The maximum atomic E-state index is 12.1. The molecule has 5 nitrogen and oxygen atoms in total. The Kier molecular flexibility index (Phi) is 5.20. The van der Waals surface area contributed by atoms with Gasteiger partial charge < -0.3 is 15.4 Å². The molecule has 21 heavy (non-hydrogen) atoms. The molecule has 1 saturated heterocycles. The second-order valence-electron chi connectivity index (χ2n) is 5.39. The van der Waals surface area contributed by atoms with Crippen LogP contribution in [0.5, 0.6) is 5.75 Å². The zero-order valence-electron chi connectivity index (χ0n) is 12.4. The molecule has 0 unspecified atom stereocenters. The zero-order valence-corrected chi connectivity index (χ0v) is 12.4. The van der Waals surface area contributed by atoms with Gasteiger partial charge in [-0.05, 0) is 38.0 Å². The molecule has 2 rings (SSSR count). The summed E-state index contributed by atoms with van der Waals surface area (Å²) in [5, 5.41) is 0. The number of carbonyl (C=O) groups is 2. The van der Waals surface area contributed by atoms with Crippen LogP contribution in [0.2, 0.25) is 0 Å². The summed E-state index contributed by atoms with van der Waals surface area (Å²) in [6.45, 7) is 3.09. The van der Waals surface area contributed by atoms with Crippen LogP contribution in [0.3, 0.4) is 0 Å². The predicted molar refractivity (Wildman–Crippen MR) is 81.4 cm³/mol. The molecule has 0 aliphatic carbocycles. The van der Waals surface area contributed by atoms with E-state index in [4.69, 9.17) is 10.5 Å². The zero-order chi connectivity index (χ0) is 15.2. The molecular weight excluding hydrogens is 268 g/mol. The summed E-state index contributed by atoms with van der Waals surface area (Å²) < 4.78 is 5.50. The van der Waals surface area contributed by atoms with Crippen molar-refractivity contribution < 1.29 is 14.3 Å². The molecule has 0 radical (unpaired) electrons. The largest absolute Gasteiger partial charge is 0.482 e. The van der Waals surface area contributed by atoms with Crippen molar-refractivity contribution in [2.75, 3.05) is 25.4 Å². The first kappa shape index (κ1) is 15.4. The smallest absolute Gasteiger partial charge is 0.260 e. The predicted octanol–water partition coefficient (Wildman–Crippen LogP) is 2.25. The van der Waals surface area contributed by atoms with Crippen LogP contribution in [0.15, 0.2) is 18.2 Å². The number of Topliss-reactive ketones (excluding diaryl/α,β-unsaturated/α-hetero) is 1. The van der Waals surface area contributed by atoms with Crippen LogP contribution in [0.4, 0.5) is 5.69 Å². The van der Waals surface area contributed by atoms with Crippen LogP contribution < -0.4 is 10.5 Å². The van der Waals surface area contributed by atoms with Gasteiger partial charge >= 0.3 is 0 Å². The Balaban J connectivity index is 1.93. The van der Waals surface area contributed by atoms with Gasteiger partial charge in [-0.25, -0.2) is 0 Å². The SMILES string of the molecule is CC(=O)c1ccc(OCC(=O)N2CCCCCC2)c(N)c1. The number of amides is 1. The second kappa shape index (κ2) is 7.11. The van der Waals surface area contributed by atoms with Crippen LogP contribution in [0.1, 0.15) is 43.0 Å². The van der Waals surface area contributed by atoms with Crippen molar-refractivity contribution in [2.45, 2.75) is 32.6 Å². The number of anilines is 1. The molecule has 1 aromatic rings. The number of ether oxygens (including phenoxy) is 1. The van der Waals surface area contributed by atoms with Crippen LogP contribution in [-0.4, -0.2) is 36.3 Å². The quantitative estimate of drug-likeness (QED) is 0.682. The van der Waals surface area contributed by atoms with Crippen molar-refractivity contribution in [3.8, 4) is 5.75 Å². The van der Waals surface area contributed by atoms with Gasteiger partial charge in [-0.1, -0.05) is 12.8 Å². The molecule has 0 atom stereocenters. The third-order valence-electron chi connectivity index (χ3n) is 3.73. The van der Waals surface area contributed by atoms with Crippen molar-refractivity contribution in [3.05, 3.63) is 23.8 Å². The van der Waals surface area contributed by atoms with Crippen molar-refractivity contribution in [2.24, 2.45) is 0 Å². The van der Waals surface area contributed by atoms with E-state index < -0.39 is 0 Å². The number of rotatable bonds is 4. The normalized spacial score (nSPS) is 15.4. The van der Waals surface area contributed by atoms with Gasteiger partial charge in [-0.15, -0.1) is 0 Å². The molecule has 0 bridgehead atoms. The third kappa shape index (κ3) is 4.21. The highest BCUT2D eigenvalue weighted by Crippen LogP contribution is 2.23. The van der Waals surface area contributed by atoms with Gasteiger partial charge in [-0.2, -0.15) is 0 Å². The fourth-order valence-electron chi connectivity index (χ4n) is 2.45. The number of nitrogen functional groups attached to an aromatic ring is 1. The molecule has 1 aliphatic heterocycles. The monoisotopic (exact) mass is 290 g/mol. The number of carbonyl (C=O) groups excluding carboxylic acids is 2. The number of likely N-dealkylation sites (tertiary alicyclic amines) is 1. The van der Waals surface area contributed by atoms with Crippen LogP contribution in [0, 0.1) is 0 Å². The van der Waals surface area contributed by atoms with E-state index in [9.17, 15) is 9.59 Å². The Morgan fingerprint density at radius 3 is 2.43 bits per heavy atom. The van der Waals surface area contributed by atoms with Gasteiger partial charge in [0, 0.05) is 18.7 Å². The number of nitrogens with two attached hydrogens (primary N) is 1. The first-order valence-electron chi connectivity index (χ1n) is 7.39. The van der Waals surface area contributed by atoms with Crippen molar-refractivity contribution in [1.29, 1.82) is 0 Å². The minimum Gasteiger partial charge on any atom is -0.482 e. The molecular formula is C16H22N2O3. The molecule has 1 heterocycles. The van der Waals surface area contributed by atoms with Gasteiger partial charge in [0.15, 0.2) is 12.4 Å². The van der Waals surface area contributed by atoms with E-state index in [-0.39, 0.29) is 18.3 Å². The van der Waals surface area contributed by atoms with Crippen LogP contribution in [-0.2, 0) is 4.79 Å². The summed E-state index contributed by atoms with van der Waals surface area (Å²) in [7, 11) is 0. The molecule has 5 heteroatoms. The second-order valence-corrected chi connectivity index (χ2v) is 5.39. The fourth-order valence-corrected chi connectivity index (χ4v) is 2.45. The molecule has 1 aliphatic rings. The molecule has 1 aromatic carbocycles. The molecule has 0 aromatic heterocycles. The molecule has 0 saturated carbocycles.